The van der Waals surface area contributed by atoms with Gasteiger partial charge in [0.1, 0.15) is 31.4 Å². The fourth-order valence-electron chi connectivity index (χ4n) is 3.95. The van der Waals surface area contributed by atoms with E-state index in [1.165, 1.54) is 0 Å². The van der Waals surface area contributed by atoms with Gasteiger partial charge in [0.15, 0.2) is 0 Å². The van der Waals surface area contributed by atoms with Gasteiger partial charge < -0.3 is 19.3 Å². The van der Waals surface area contributed by atoms with Crippen molar-refractivity contribution in [2.45, 2.75) is 16.8 Å². The highest BCUT2D eigenvalue weighted by Gasteiger charge is 2.42. The lowest BCUT2D eigenvalue weighted by Gasteiger charge is -2.26. The molecule has 0 radical (unpaired) electrons. The number of rotatable bonds is 10. The van der Waals surface area contributed by atoms with Crippen molar-refractivity contribution in [3.05, 3.63) is 58.2 Å². The first-order chi connectivity index (χ1) is 20.2. The number of ether oxygens (including phenoxy) is 3. The molecule has 0 bridgehead atoms. The third-order valence-electron chi connectivity index (χ3n) is 6.02. The van der Waals surface area contributed by atoms with Gasteiger partial charge in [-0.3, -0.25) is 9.62 Å². The van der Waals surface area contributed by atoms with Crippen LogP contribution in [-0.2, 0) is 24.3 Å². The zero-order chi connectivity index (χ0) is 31.4. The number of morpholine rings is 1. The number of anilines is 1. The predicted octanol–water partition coefficient (Wildman–Crippen LogP) is 5.06. The van der Waals surface area contributed by atoms with Crippen molar-refractivity contribution in [3.63, 3.8) is 0 Å². The Hall–Kier alpha value is -3.44. The molecule has 1 fully saturated rings. The molecule has 10 nitrogen and oxygen atoms in total. The summed E-state index contributed by atoms with van der Waals surface area (Å²) in [6.07, 6.45) is -5.00. The standard InChI is InChI=1S/C26H23ClF4N2O8S2/c27-23-19(18-12-15(28)2-5-20(18)34)14-22(42-23)43(37,38)32-16-3-4-17(21(13-16)41-25(36)26(29,30)31)24(35)40-9-1-6-33-7-10-39-11-8-33/h2-5,12-14,32,34H,1,6-11H2. The normalized spacial score (nSPS) is 14.3. The molecule has 2 aromatic carbocycles. The highest BCUT2D eigenvalue weighted by atomic mass is 35.5. The summed E-state index contributed by atoms with van der Waals surface area (Å²) in [6.45, 7) is 3.05. The largest absolute Gasteiger partial charge is 0.507 e. The number of aromatic hydroxyl groups is 1. The number of nitrogens with one attached hydrogen (secondary N) is 1. The average molecular weight is 667 g/mol. The Kier molecular flexibility index (Phi) is 10.2. The lowest BCUT2D eigenvalue weighted by molar-refractivity contribution is -0.189. The molecule has 0 saturated carbocycles. The molecule has 0 unspecified atom stereocenters. The second-order valence-corrected chi connectivity index (χ2v) is 12.6. The third-order valence-corrected chi connectivity index (χ3v) is 9.23. The van der Waals surface area contributed by atoms with Crippen molar-refractivity contribution in [2.75, 3.05) is 44.2 Å². The van der Waals surface area contributed by atoms with Crippen LogP contribution in [0.15, 0.2) is 46.7 Å². The fourth-order valence-corrected chi connectivity index (χ4v) is 6.74. The second kappa shape index (κ2) is 13.5. The third kappa shape index (κ3) is 8.35. The number of thiophene rings is 1. The van der Waals surface area contributed by atoms with Crippen molar-refractivity contribution in [2.24, 2.45) is 0 Å². The number of halogens is 5. The lowest BCUT2D eigenvalue weighted by Crippen LogP contribution is -2.37. The van der Waals surface area contributed by atoms with E-state index in [0.29, 0.717) is 50.6 Å². The molecule has 2 heterocycles. The first-order valence-corrected chi connectivity index (χ1v) is 15.1. The Morgan fingerprint density at radius 2 is 1.81 bits per heavy atom. The second-order valence-electron chi connectivity index (χ2n) is 9.06. The number of benzene rings is 2. The summed E-state index contributed by atoms with van der Waals surface area (Å²) in [5.41, 5.74) is -0.976. The Labute approximate surface area is 251 Å². The number of alkyl halides is 3. The van der Waals surface area contributed by atoms with Gasteiger partial charge in [-0.2, -0.15) is 13.2 Å². The summed E-state index contributed by atoms with van der Waals surface area (Å²) in [5.74, 6) is -5.70. The maximum Gasteiger partial charge on any atom is 0.491 e. The fraction of sp³-hybridized carbons (Fsp3) is 0.308. The highest BCUT2D eigenvalue weighted by molar-refractivity contribution is 7.94. The SMILES string of the molecule is O=C(OCCCN1CCOCC1)c1ccc(NS(=O)(=O)c2cc(-c3cc(F)ccc3O)c(Cl)s2)cc1OC(=O)C(F)(F)F. The maximum absolute atomic E-state index is 13.7. The molecule has 2 N–H and O–H groups in total. The summed E-state index contributed by atoms with van der Waals surface area (Å²) in [6, 6.07) is 6.80. The van der Waals surface area contributed by atoms with Gasteiger partial charge in [0.05, 0.1) is 25.5 Å². The first kappa shape index (κ1) is 32.5. The zero-order valence-electron chi connectivity index (χ0n) is 21.9. The molecule has 1 aliphatic heterocycles. The van der Waals surface area contributed by atoms with Crippen molar-refractivity contribution in [1.29, 1.82) is 0 Å². The molecule has 232 valence electrons. The number of sulfonamides is 1. The minimum Gasteiger partial charge on any atom is -0.507 e. The van der Waals surface area contributed by atoms with E-state index < -0.39 is 49.5 Å². The number of phenols is 1. The average Bonchev–Trinajstić information content (AvgIpc) is 3.34. The first-order valence-electron chi connectivity index (χ1n) is 12.5. The van der Waals surface area contributed by atoms with E-state index >= 15 is 0 Å². The summed E-state index contributed by atoms with van der Waals surface area (Å²) < 4.78 is 95.1. The van der Waals surface area contributed by atoms with Crippen LogP contribution in [0, 0.1) is 5.82 Å². The van der Waals surface area contributed by atoms with Gasteiger partial charge in [-0.05, 0) is 42.8 Å². The molecule has 3 aromatic rings. The summed E-state index contributed by atoms with van der Waals surface area (Å²) in [7, 11) is -4.46. The van der Waals surface area contributed by atoms with Crippen LogP contribution in [-0.4, -0.2) is 76.0 Å². The number of hydrogen-bond acceptors (Lipinski definition) is 10. The summed E-state index contributed by atoms with van der Waals surface area (Å²) >= 11 is 6.72. The number of carbonyl (C=O) groups is 2. The number of nitrogens with zero attached hydrogens (tertiary/aromatic N) is 1. The summed E-state index contributed by atoms with van der Waals surface area (Å²) in [4.78, 5) is 26.3. The van der Waals surface area contributed by atoms with Crippen LogP contribution in [0.4, 0.5) is 23.2 Å². The Balaban J connectivity index is 1.54. The van der Waals surface area contributed by atoms with Gasteiger partial charge in [-0.25, -0.2) is 22.4 Å². The number of esters is 2. The van der Waals surface area contributed by atoms with Crippen LogP contribution in [0.2, 0.25) is 4.34 Å². The van der Waals surface area contributed by atoms with Crippen LogP contribution in [0.5, 0.6) is 11.5 Å². The van der Waals surface area contributed by atoms with E-state index in [1.807, 2.05) is 0 Å². The highest BCUT2D eigenvalue weighted by Crippen LogP contribution is 2.42. The Morgan fingerprint density at radius 3 is 2.51 bits per heavy atom. The van der Waals surface area contributed by atoms with Crippen molar-refractivity contribution < 1.29 is 54.9 Å². The molecule has 0 amide bonds. The monoisotopic (exact) mass is 666 g/mol. The quantitative estimate of drug-likeness (QED) is 0.132. The van der Waals surface area contributed by atoms with Crippen molar-refractivity contribution >= 4 is 50.6 Å². The maximum atomic E-state index is 13.7. The van der Waals surface area contributed by atoms with Gasteiger partial charge in [0, 0.05) is 36.8 Å². The van der Waals surface area contributed by atoms with E-state index in [-0.39, 0.29) is 33.5 Å². The van der Waals surface area contributed by atoms with Crippen LogP contribution in [0.1, 0.15) is 16.8 Å². The molecule has 0 spiro atoms. The van der Waals surface area contributed by atoms with Gasteiger partial charge in [0.2, 0.25) is 0 Å². The smallest absolute Gasteiger partial charge is 0.491 e. The van der Waals surface area contributed by atoms with E-state index in [4.69, 9.17) is 21.1 Å². The predicted molar refractivity (Wildman–Crippen MR) is 147 cm³/mol. The summed E-state index contributed by atoms with van der Waals surface area (Å²) in [5, 5.41) is 10.1. The van der Waals surface area contributed by atoms with Crippen molar-refractivity contribution in [1.82, 2.24) is 4.90 Å². The zero-order valence-corrected chi connectivity index (χ0v) is 24.3. The van der Waals surface area contributed by atoms with Gasteiger partial charge >= 0.3 is 18.1 Å². The molecule has 4 rings (SSSR count). The Bertz CT molecular complexity index is 1610. The Morgan fingerprint density at radius 1 is 1.09 bits per heavy atom. The molecule has 0 atom stereocenters. The van der Waals surface area contributed by atoms with E-state index in [2.05, 4.69) is 14.4 Å². The van der Waals surface area contributed by atoms with Gasteiger partial charge in [-0.15, -0.1) is 11.3 Å². The van der Waals surface area contributed by atoms with Crippen molar-refractivity contribution in [3.8, 4) is 22.6 Å². The van der Waals surface area contributed by atoms with Crippen LogP contribution in [0.3, 0.4) is 0 Å². The van der Waals surface area contributed by atoms with E-state index in [9.17, 15) is 40.7 Å². The number of carbonyl (C=O) groups excluding carboxylic acids is 2. The molecule has 17 heteroatoms. The number of hydrogen-bond donors (Lipinski definition) is 2. The van der Waals surface area contributed by atoms with Crippen LogP contribution < -0.4 is 9.46 Å². The van der Waals surface area contributed by atoms with Crippen LogP contribution in [0.25, 0.3) is 11.1 Å². The topological polar surface area (TPSA) is 131 Å². The van der Waals surface area contributed by atoms with Gasteiger partial charge in [0.25, 0.3) is 10.0 Å². The minimum absolute atomic E-state index is 0.00977. The minimum atomic E-state index is -5.42. The molecular weight excluding hydrogens is 644 g/mol. The molecule has 1 aromatic heterocycles. The van der Waals surface area contributed by atoms with Crippen LogP contribution >= 0.6 is 22.9 Å². The molecule has 1 aliphatic rings. The molecule has 43 heavy (non-hydrogen) atoms. The molecular formula is C26H23ClF4N2O8S2. The van der Waals surface area contributed by atoms with Gasteiger partial charge in [-0.1, -0.05) is 11.6 Å². The number of phenolic OH excluding ortho intramolecular Hbond substituents is 1. The molecule has 0 aliphatic carbocycles. The molecule has 1 saturated heterocycles. The van der Waals surface area contributed by atoms with E-state index in [0.717, 1.165) is 42.5 Å². The van der Waals surface area contributed by atoms with E-state index in [1.54, 1.807) is 0 Å². The lowest BCUT2D eigenvalue weighted by atomic mass is 10.1.